The summed E-state index contributed by atoms with van der Waals surface area (Å²) in [5, 5.41) is 32.9. The fourth-order valence-electron chi connectivity index (χ4n) is 5.71. The average Bonchev–Trinajstić information content (AvgIpc) is 3.39. The first-order chi connectivity index (χ1) is 13.0. The number of fused-ring (bicyclic) bond motifs is 2. The SMILES string of the molecule is CC(=O)OC[C@@]12C(O)C(O)C(C)=C[C@@H]1O[C@H]1[C@@H](O)[C@@H](OC(C)=O)[C@]2(C)C12CO2. The molecule has 0 radical (unpaired) electrons. The molecule has 1 saturated carbocycles. The molecule has 3 N–H and O–H groups in total. The molecule has 3 unspecified atom stereocenters. The normalized spacial score (nSPS) is 51.3. The molecule has 0 amide bonds. The van der Waals surface area contributed by atoms with Gasteiger partial charge in [-0.3, -0.25) is 9.59 Å². The van der Waals surface area contributed by atoms with Crippen molar-refractivity contribution in [1.82, 2.24) is 0 Å². The second-order valence-electron chi connectivity index (χ2n) is 8.50. The number of hydrogen-bond acceptors (Lipinski definition) is 9. The molecular weight excluding hydrogens is 372 g/mol. The van der Waals surface area contributed by atoms with Crippen LogP contribution in [0.4, 0.5) is 0 Å². The number of epoxide rings is 1. The average molecular weight is 398 g/mol. The fourth-order valence-corrected chi connectivity index (χ4v) is 5.71. The quantitative estimate of drug-likeness (QED) is 0.313. The van der Waals surface area contributed by atoms with E-state index in [0.717, 1.165) is 0 Å². The first-order valence-corrected chi connectivity index (χ1v) is 9.35. The van der Waals surface area contributed by atoms with Crippen LogP contribution in [0.5, 0.6) is 0 Å². The second-order valence-corrected chi connectivity index (χ2v) is 8.50. The Kier molecular flexibility index (Phi) is 4.23. The van der Waals surface area contributed by atoms with Crippen LogP contribution >= 0.6 is 0 Å². The smallest absolute Gasteiger partial charge is 0.303 e. The van der Waals surface area contributed by atoms with Crippen LogP contribution in [0.3, 0.4) is 0 Å². The number of hydrogen-bond donors (Lipinski definition) is 3. The molecule has 2 saturated heterocycles. The van der Waals surface area contributed by atoms with Gasteiger partial charge in [-0.15, -0.1) is 0 Å². The minimum absolute atomic E-state index is 0.225. The van der Waals surface area contributed by atoms with Crippen molar-refractivity contribution in [3.05, 3.63) is 11.6 Å². The molecule has 1 spiro atoms. The van der Waals surface area contributed by atoms with E-state index in [0.29, 0.717) is 5.57 Å². The van der Waals surface area contributed by atoms with Gasteiger partial charge in [0.25, 0.3) is 0 Å². The van der Waals surface area contributed by atoms with Crippen LogP contribution in [0.1, 0.15) is 27.7 Å². The fraction of sp³-hybridized carbons (Fsp3) is 0.789. The lowest BCUT2D eigenvalue weighted by Crippen LogP contribution is -2.73. The highest BCUT2D eigenvalue weighted by Crippen LogP contribution is 2.72. The summed E-state index contributed by atoms with van der Waals surface area (Å²) in [6.07, 6.45) is -4.83. The summed E-state index contributed by atoms with van der Waals surface area (Å²) in [4.78, 5) is 23.4. The molecule has 4 aliphatic rings. The zero-order chi connectivity index (χ0) is 20.6. The second kappa shape index (κ2) is 5.99. The standard InChI is InChI=1S/C19H26O9/c1-8-5-11-18(6-25-9(2)20,14(24)12(8)22)17(4)15(27-10(3)21)13(23)16(28-11)19(17)7-26-19/h5,11-16,22-24H,6-7H2,1-4H3/t11-,12?,13-,14?,15+,16-,17-,18-,19?/m0/s1. The van der Waals surface area contributed by atoms with Gasteiger partial charge in [0, 0.05) is 13.8 Å². The van der Waals surface area contributed by atoms with Gasteiger partial charge in [-0.1, -0.05) is 13.0 Å². The zero-order valence-electron chi connectivity index (χ0n) is 16.2. The largest absolute Gasteiger partial charge is 0.465 e. The Bertz CT molecular complexity index is 744. The van der Waals surface area contributed by atoms with Gasteiger partial charge in [0.2, 0.25) is 0 Å². The van der Waals surface area contributed by atoms with Gasteiger partial charge >= 0.3 is 11.9 Å². The van der Waals surface area contributed by atoms with Crippen molar-refractivity contribution in [3.8, 4) is 0 Å². The van der Waals surface area contributed by atoms with E-state index in [1.54, 1.807) is 19.9 Å². The van der Waals surface area contributed by atoms with Crippen LogP contribution in [0.2, 0.25) is 0 Å². The lowest BCUT2D eigenvalue weighted by Gasteiger charge is -2.60. The van der Waals surface area contributed by atoms with Crippen molar-refractivity contribution in [3.63, 3.8) is 0 Å². The number of esters is 2. The van der Waals surface area contributed by atoms with Crippen LogP contribution in [0.15, 0.2) is 11.6 Å². The summed E-state index contributed by atoms with van der Waals surface area (Å²) < 4.78 is 22.8. The molecular formula is C19H26O9. The summed E-state index contributed by atoms with van der Waals surface area (Å²) in [6, 6.07) is 0. The number of aliphatic hydroxyl groups is 3. The third-order valence-corrected chi connectivity index (χ3v) is 7.27. The lowest BCUT2D eigenvalue weighted by atomic mass is 9.49. The topological polar surface area (TPSA) is 135 Å². The number of ether oxygens (including phenoxy) is 4. The molecule has 0 aromatic rings. The van der Waals surface area contributed by atoms with Crippen LogP contribution in [-0.2, 0) is 28.5 Å². The molecule has 2 bridgehead atoms. The lowest BCUT2D eigenvalue weighted by molar-refractivity contribution is -0.274. The number of carbonyl (C=O) groups excluding carboxylic acids is 2. The Morgan fingerprint density at radius 3 is 2.43 bits per heavy atom. The molecule has 4 rings (SSSR count). The van der Waals surface area contributed by atoms with E-state index in [1.165, 1.54) is 13.8 Å². The highest BCUT2D eigenvalue weighted by atomic mass is 16.7. The Morgan fingerprint density at radius 1 is 1.25 bits per heavy atom. The monoisotopic (exact) mass is 398 g/mol. The first kappa shape index (κ1) is 19.8. The van der Waals surface area contributed by atoms with Crippen molar-refractivity contribution in [2.75, 3.05) is 13.2 Å². The molecule has 2 aliphatic carbocycles. The van der Waals surface area contributed by atoms with Crippen LogP contribution in [-0.4, -0.2) is 82.7 Å². The molecule has 9 heteroatoms. The molecule has 9 atom stereocenters. The summed E-state index contributed by atoms with van der Waals surface area (Å²) in [5.41, 5.74) is -3.11. The van der Waals surface area contributed by atoms with Crippen molar-refractivity contribution in [2.45, 2.75) is 69.9 Å². The molecule has 28 heavy (non-hydrogen) atoms. The Morgan fingerprint density at radius 2 is 1.89 bits per heavy atom. The van der Waals surface area contributed by atoms with E-state index in [9.17, 15) is 24.9 Å². The van der Waals surface area contributed by atoms with E-state index in [-0.39, 0.29) is 13.2 Å². The molecule has 0 aromatic heterocycles. The molecule has 156 valence electrons. The van der Waals surface area contributed by atoms with Crippen LogP contribution < -0.4 is 0 Å². The molecule has 0 aromatic carbocycles. The van der Waals surface area contributed by atoms with Gasteiger partial charge in [0.15, 0.2) is 0 Å². The van der Waals surface area contributed by atoms with E-state index >= 15 is 0 Å². The number of rotatable bonds is 3. The number of carbonyl (C=O) groups is 2. The van der Waals surface area contributed by atoms with E-state index in [1.807, 2.05) is 0 Å². The van der Waals surface area contributed by atoms with E-state index < -0.39 is 65.0 Å². The summed E-state index contributed by atoms with van der Waals surface area (Å²) in [7, 11) is 0. The third kappa shape index (κ3) is 2.14. The van der Waals surface area contributed by atoms with Crippen LogP contribution in [0.25, 0.3) is 0 Å². The summed E-state index contributed by atoms with van der Waals surface area (Å²) in [5.74, 6) is -1.18. The molecule has 2 heterocycles. The van der Waals surface area contributed by atoms with Crippen molar-refractivity contribution >= 4 is 11.9 Å². The zero-order valence-corrected chi connectivity index (χ0v) is 16.2. The Balaban J connectivity index is 1.93. The highest BCUT2D eigenvalue weighted by Gasteiger charge is 2.87. The summed E-state index contributed by atoms with van der Waals surface area (Å²) >= 11 is 0. The molecule has 9 nitrogen and oxygen atoms in total. The maximum absolute atomic E-state index is 11.8. The van der Waals surface area contributed by atoms with E-state index in [2.05, 4.69) is 0 Å². The van der Waals surface area contributed by atoms with Crippen molar-refractivity contribution < 1.29 is 43.9 Å². The maximum atomic E-state index is 11.8. The molecule has 2 aliphatic heterocycles. The van der Waals surface area contributed by atoms with Gasteiger partial charge < -0.3 is 34.3 Å². The first-order valence-electron chi connectivity index (χ1n) is 9.35. The predicted octanol–water partition coefficient (Wildman–Crippen LogP) is -0.933. The van der Waals surface area contributed by atoms with Gasteiger partial charge in [-0.05, 0) is 12.5 Å². The van der Waals surface area contributed by atoms with Gasteiger partial charge in [-0.25, -0.2) is 0 Å². The predicted molar refractivity (Wildman–Crippen MR) is 91.8 cm³/mol. The minimum Gasteiger partial charge on any atom is -0.465 e. The van der Waals surface area contributed by atoms with Gasteiger partial charge in [-0.2, -0.15) is 0 Å². The third-order valence-electron chi connectivity index (χ3n) is 7.27. The summed E-state index contributed by atoms with van der Waals surface area (Å²) in [6.45, 7) is 5.79. The van der Waals surface area contributed by atoms with Gasteiger partial charge in [0.1, 0.15) is 36.6 Å². The Hall–Kier alpha value is -1.52. The minimum atomic E-state index is -1.41. The van der Waals surface area contributed by atoms with Crippen molar-refractivity contribution in [2.24, 2.45) is 10.8 Å². The van der Waals surface area contributed by atoms with Crippen molar-refractivity contribution in [1.29, 1.82) is 0 Å². The van der Waals surface area contributed by atoms with Crippen LogP contribution in [0, 0.1) is 10.8 Å². The molecule has 3 fully saturated rings. The van der Waals surface area contributed by atoms with Gasteiger partial charge in [0.05, 0.1) is 29.6 Å². The maximum Gasteiger partial charge on any atom is 0.303 e. The van der Waals surface area contributed by atoms with E-state index in [4.69, 9.17) is 18.9 Å². The number of aliphatic hydroxyl groups excluding tert-OH is 3. The highest BCUT2D eigenvalue weighted by molar-refractivity contribution is 5.67. The Labute approximate surface area is 162 Å².